The first kappa shape index (κ1) is 13.9. The lowest BCUT2D eigenvalue weighted by Gasteiger charge is -2.03. The van der Waals surface area contributed by atoms with Gasteiger partial charge in [-0.25, -0.2) is 0 Å². The van der Waals surface area contributed by atoms with Crippen LogP contribution in [0.15, 0.2) is 28.8 Å². The molecule has 0 amide bonds. The van der Waals surface area contributed by atoms with Gasteiger partial charge in [0.05, 0.1) is 13.2 Å². The molecule has 102 valence electrons. The molecule has 2 N–H and O–H groups in total. The molecular formula is C13H17N3O2S. The molecule has 0 aliphatic heterocycles. The molecule has 1 unspecified atom stereocenters. The van der Waals surface area contributed by atoms with E-state index in [1.165, 1.54) is 0 Å². The summed E-state index contributed by atoms with van der Waals surface area (Å²) in [5.41, 5.74) is 6.85. The molecule has 2 aromatic rings. The minimum absolute atomic E-state index is 0.209. The summed E-state index contributed by atoms with van der Waals surface area (Å²) in [6.07, 6.45) is 2.86. The van der Waals surface area contributed by atoms with Crippen LogP contribution in [0.25, 0.3) is 11.4 Å². The minimum atomic E-state index is -0.209. The summed E-state index contributed by atoms with van der Waals surface area (Å²) in [6.45, 7) is 0. The second-order valence-electron chi connectivity index (χ2n) is 4.08. The van der Waals surface area contributed by atoms with Gasteiger partial charge in [-0.15, -0.1) is 0 Å². The second kappa shape index (κ2) is 6.58. The summed E-state index contributed by atoms with van der Waals surface area (Å²) in [7, 11) is 1.62. The van der Waals surface area contributed by atoms with Crippen LogP contribution in [0.1, 0.15) is 18.4 Å². The highest BCUT2D eigenvalue weighted by Gasteiger charge is 2.15. The Bertz CT molecular complexity index is 530. The maximum atomic E-state index is 5.99. The molecule has 2 rings (SSSR count). The van der Waals surface area contributed by atoms with E-state index in [-0.39, 0.29) is 6.04 Å². The summed E-state index contributed by atoms with van der Waals surface area (Å²) in [5.74, 6) is 2.74. The number of nitrogens with zero attached hydrogens (tertiary/aromatic N) is 2. The van der Waals surface area contributed by atoms with E-state index in [0.29, 0.717) is 11.7 Å². The predicted molar refractivity (Wildman–Crippen MR) is 76.2 cm³/mol. The highest BCUT2D eigenvalue weighted by Crippen LogP contribution is 2.23. The fraction of sp³-hybridized carbons (Fsp3) is 0.385. The fourth-order valence-corrected chi connectivity index (χ4v) is 2.12. The maximum Gasteiger partial charge on any atom is 0.243 e. The lowest BCUT2D eigenvalue weighted by atomic mass is 10.2. The number of benzene rings is 1. The van der Waals surface area contributed by atoms with Gasteiger partial charge in [-0.1, -0.05) is 17.3 Å². The first-order valence-electron chi connectivity index (χ1n) is 5.97. The lowest BCUT2D eigenvalue weighted by Crippen LogP contribution is -2.11. The molecule has 0 saturated carbocycles. The number of hydrogen-bond acceptors (Lipinski definition) is 6. The Morgan fingerprint density at radius 1 is 1.47 bits per heavy atom. The van der Waals surface area contributed by atoms with Crippen LogP contribution in [0.5, 0.6) is 5.75 Å². The predicted octanol–water partition coefficient (Wildman–Crippen LogP) is 2.50. The van der Waals surface area contributed by atoms with Crippen molar-refractivity contribution < 1.29 is 9.26 Å². The van der Waals surface area contributed by atoms with Crippen LogP contribution in [0.4, 0.5) is 0 Å². The fourth-order valence-electron chi connectivity index (χ4n) is 1.63. The monoisotopic (exact) mass is 279 g/mol. The second-order valence-corrected chi connectivity index (χ2v) is 5.06. The summed E-state index contributed by atoms with van der Waals surface area (Å²) >= 11 is 1.75. The number of thioether (sulfide) groups is 1. The first-order chi connectivity index (χ1) is 9.24. The summed E-state index contributed by atoms with van der Waals surface area (Å²) < 4.78 is 10.4. The highest BCUT2D eigenvalue weighted by atomic mass is 32.2. The average Bonchev–Trinajstić information content (AvgIpc) is 2.94. The Labute approximate surface area is 116 Å². The van der Waals surface area contributed by atoms with Gasteiger partial charge in [-0.3, -0.25) is 0 Å². The van der Waals surface area contributed by atoms with Crippen molar-refractivity contribution in [2.45, 2.75) is 12.5 Å². The zero-order valence-corrected chi connectivity index (χ0v) is 11.8. The molecule has 0 aliphatic carbocycles. The topological polar surface area (TPSA) is 74.2 Å². The molecular weight excluding hydrogens is 262 g/mol. The van der Waals surface area contributed by atoms with Crippen molar-refractivity contribution in [3.8, 4) is 17.1 Å². The van der Waals surface area contributed by atoms with E-state index in [0.717, 1.165) is 23.5 Å². The van der Waals surface area contributed by atoms with E-state index < -0.39 is 0 Å². The number of hydrogen-bond donors (Lipinski definition) is 1. The largest absolute Gasteiger partial charge is 0.497 e. The smallest absolute Gasteiger partial charge is 0.243 e. The van der Waals surface area contributed by atoms with E-state index in [4.69, 9.17) is 15.0 Å². The Kier molecular flexibility index (Phi) is 4.81. The van der Waals surface area contributed by atoms with Gasteiger partial charge in [0.15, 0.2) is 0 Å². The molecule has 0 bridgehead atoms. The van der Waals surface area contributed by atoms with Crippen LogP contribution in [0.3, 0.4) is 0 Å². The molecule has 19 heavy (non-hydrogen) atoms. The van der Waals surface area contributed by atoms with Gasteiger partial charge in [0, 0.05) is 5.56 Å². The Hall–Kier alpha value is -1.53. The zero-order chi connectivity index (χ0) is 13.7. The molecule has 1 aromatic heterocycles. The molecule has 6 heteroatoms. The third-order valence-electron chi connectivity index (χ3n) is 2.72. The molecule has 1 atom stereocenters. The van der Waals surface area contributed by atoms with Crippen LogP contribution in [0.2, 0.25) is 0 Å². The van der Waals surface area contributed by atoms with Crippen molar-refractivity contribution in [3.63, 3.8) is 0 Å². The van der Waals surface area contributed by atoms with Crippen molar-refractivity contribution in [3.05, 3.63) is 30.2 Å². The van der Waals surface area contributed by atoms with Crippen LogP contribution < -0.4 is 10.5 Å². The van der Waals surface area contributed by atoms with Crippen LogP contribution in [-0.2, 0) is 0 Å². The molecule has 0 spiro atoms. The highest BCUT2D eigenvalue weighted by molar-refractivity contribution is 7.98. The van der Waals surface area contributed by atoms with Gasteiger partial charge in [-0.05, 0) is 30.6 Å². The van der Waals surface area contributed by atoms with Crippen molar-refractivity contribution in [1.82, 2.24) is 10.1 Å². The van der Waals surface area contributed by atoms with E-state index in [2.05, 4.69) is 10.1 Å². The standard InChI is InChI=1S/C13H17N3O2S/c1-17-10-5-3-4-9(8-10)12-15-13(18-16-12)11(14)6-7-19-2/h3-5,8,11H,6-7,14H2,1-2H3. The van der Waals surface area contributed by atoms with Gasteiger partial charge in [0.25, 0.3) is 0 Å². The minimum Gasteiger partial charge on any atom is -0.497 e. The first-order valence-corrected chi connectivity index (χ1v) is 7.36. The van der Waals surface area contributed by atoms with Gasteiger partial charge >= 0.3 is 0 Å². The van der Waals surface area contributed by atoms with E-state index in [9.17, 15) is 0 Å². The molecule has 0 saturated heterocycles. The van der Waals surface area contributed by atoms with Crippen LogP contribution in [-0.4, -0.2) is 29.3 Å². The number of rotatable bonds is 6. The van der Waals surface area contributed by atoms with Gasteiger partial charge < -0.3 is 15.0 Å². The van der Waals surface area contributed by atoms with E-state index in [1.807, 2.05) is 30.5 Å². The van der Waals surface area contributed by atoms with Gasteiger partial charge in [0.1, 0.15) is 5.75 Å². The average molecular weight is 279 g/mol. The van der Waals surface area contributed by atoms with Crippen molar-refractivity contribution in [2.24, 2.45) is 5.73 Å². The number of nitrogens with two attached hydrogens (primary N) is 1. The lowest BCUT2D eigenvalue weighted by molar-refractivity contribution is 0.353. The number of aromatic nitrogens is 2. The molecule has 1 aromatic carbocycles. The van der Waals surface area contributed by atoms with Gasteiger partial charge in [-0.2, -0.15) is 16.7 Å². The zero-order valence-electron chi connectivity index (χ0n) is 11.0. The number of methoxy groups -OCH3 is 1. The molecule has 0 radical (unpaired) electrons. The normalized spacial score (nSPS) is 12.4. The van der Waals surface area contributed by atoms with Crippen molar-refractivity contribution in [2.75, 3.05) is 19.1 Å². The maximum absolute atomic E-state index is 5.99. The molecule has 5 nitrogen and oxygen atoms in total. The van der Waals surface area contributed by atoms with Crippen molar-refractivity contribution in [1.29, 1.82) is 0 Å². The molecule has 0 aliphatic rings. The number of ether oxygens (including phenoxy) is 1. The van der Waals surface area contributed by atoms with Gasteiger partial charge in [0.2, 0.25) is 11.7 Å². The summed E-state index contributed by atoms with van der Waals surface area (Å²) in [6, 6.07) is 7.32. The third kappa shape index (κ3) is 3.48. The van der Waals surface area contributed by atoms with Crippen molar-refractivity contribution >= 4 is 11.8 Å². The quantitative estimate of drug-likeness (QED) is 0.875. The SMILES string of the molecule is COc1cccc(-c2noc(C(N)CCSC)n2)c1. The third-order valence-corrected chi connectivity index (χ3v) is 3.36. The summed E-state index contributed by atoms with van der Waals surface area (Å²) in [5, 5.41) is 3.96. The molecule has 1 heterocycles. The Morgan fingerprint density at radius 2 is 2.32 bits per heavy atom. The Morgan fingerprint density at radius 3 is 3.05 bits per heavy atom. The Balaban J connectivity index is 2.15. The van der Waals surface area contributed by atoms with E-state index in [1.54, 1.807) is 18.9 Å². The van der Waals surface area contributed by atoms with Crippen LogP contribution in [0, 0.1) is 0 Å². The summed E-state index contributed by atoms with van der Waals surface area (Å²) in [4.78, 5) is 4.34. The van der Waals surface area contributed by atoms with E-state index >= 15 is 0 Å². The molecule has 0 fully saturated rings. The van der Waals surface area contributed by atoms with Crippen LogP contribution >= 0.6 is 11.8 Å².